The van der Waals surface area contributed by atoms with Crippen LogP contribution >= 0.6 is 15.9 Å². The van der Waals surface area contributed by atoms with Gasteiger partial charge in [-0.2, -0.15) is 5.26 Å². The van der Waals surface area contributed by atoms with Crippen LogP contribution in [0.15, 0.2) is 53.0 Å². The molecular formula is C18H15BrN2O3. The molecule has 2 rings (SSSR count). The third-order valence-corrected chi connectivity index (χ3v) is 3.73. The molecule has 6 heteroatoms. The Morgan fingerprint density at radius 1 is 1.25 bits per heavy atom. The zero-order chi connectivity index (χ0) is 17.5. The van der Waals surface area contributed by atoms with Crippen LogP contribution in [0.2, 0.25) is 0 Å². The third kappa shape index (κ3) is 5.21. The molecule has 2 aromatic carbocycles. The third-order valence-electron chi connectivity index (χ3n) is 3.20. The van der Waals surface area contributed by atoms with Crippen molar-refractivity contribution in [1.29, 1.82) is 5.26 Å². The molecule has 1 amide bonds. The molecule has 0 radical (unpaired) electrons. The van der Waals surface area contributed by atoms with Gasteiger partial charge < -0.3 is 10.1 Å². The SMILES string of the molecule is C[C@H](OC(=O)Cc1ccc(Br)cc1)C(=O)Nc1cccc(C#N)c1. The van der Waals surface area contributed by atoms with Crippen LogP contribution in [0.1, 0.15) is 18.1 Å². The number of hydrogen-bond acceptors (Lipinski definition) is 4. The second-order valence-electron chi connectivity index (χ2n) is 5.12. The van der Waals surface area contributed by atoms with Crippen LogP contribution in [0.3, 0.4) is 0 Å². The van der Waals surface area contributed by atoms with Crippen molar-refractivity contribution in [2.75, 3.05) is 5.32 Å². The number of nitrogens with one attached hydrogen (secondary N) is 1. The average molecular weight is 387 g/mol. The number of carbonyl (C=O) groups excluding carboxylic acids is 2. The number of amides is 1. The second kappa shape index (κ2) is 8.27. The highest BCUT2D eigenvalue weighted by Crippen LogP contribution is 2.13. The van der Waals surface area contributed by atoms with E-state index < -0.39 is 18.0 Å². The molecule has 24 heavy (non-hydrogen) atoms. The maximum atomic E-state index is 12.1. The van der Waals surface area contributed by atoms with E-state index in [4.69, 9.17) is 10.00 Å². The molecule has 122 valence electrons. The quantitative estimate of drug-likeness (QED) is 0.798. The van der Waals surface area contributed by atoms with Crippen LogP contribution < -0.4 is 5.32 Å². The number of hydrogen-bond donors (Lipinski definition) is 1. The molecule has 1 atom stereocenters. The minimum Gasteiger partial charge on any atom is -0.452 e. The van der Waals surface area contributed by atoms with Gasteiger partial charge in [-0.3, -0.25) is 9.59 Å². The summed E-state index contributed by atoms with van der Waals surface area (Å²) in [6.07, 6.45) is -0.840. The lowest BCUT2D eigenvalue weighted by Gasteiger charge is -2.13. The predicted molar refractivity (Wildman–Crippen MR) is 93.2 cm³/mol. The summed E-state index contributed by atoms with van der Waals surface area (Å²) in [5.74, 6) is -0.931. The minimum absolute atomic E-state index is 0.0921. The van der Waals surface area contributed by atoms with E-state index in [9.17, 15) is 9.59 Å². The number of nitrogens with zero attached hydrogens (tertiary/aromatic N) is 1. The molecule has 0 heterocycles. The Labute approximate surface area is 148 Å². The topological polar surface area (TPSA) is 79.2 Å². The molecule has 0 aliphatic rings. The maximum absolute atomic E-state index is 12.1. The summed E-state index contributed by atoms with van der Waals surface area (Å²) in [5.41, 5.74) is 1.72. The van der Waals surface area contributed by atoms with Crippen LogP contribution in [-0.4, -0.2) is 18.0 Å². The van der Waals surface area contributed by atoms with E-state index in [2.05, 4.69) is 21.2 Å². The lowest BCUT2D eigenvalue weighted by atomic mass is 10.1. The van der Waals surface area contributed by atoms with E-state index in [1.807, 2.05) is 30.3 Å². The van der Waals surface area contributed by atoms with Gasteiger partial charge in [0.25, 0.3) is 5.91 Å². The van der Waals surface area contributed by atoms with Gasteiger partial charge in [-0.05, 0) is 42.8 Å². The molecule has 1 N–H and O–H groups in total. The number of esters is 1. The zero-order valence-corrected chi connectivity index (χ0v) is 14.5. The lowest BCUT2D eigenvalue weighted by molar-refractivity contribution is -0.152. The number of rotatable bonds is 5. The number of carbonyl (C=O) groups is 2. The Hall–Kier alpha value is -2.65. The van der Waals surface area contributed by atoms with Crippen LogP contribution in [0.5, 0.6) is 0 Å². The maximum Gasteiger partial charge on any atom is 0.311 e. The number of benzene rings is 2. The van der Waals surface area contributed by atoms with Crippen LogP contribution in [0.25, 0.3) is 0 Å². The first kappa shape index (κ1) is 17.7. The van der Waals surface area contributed by atoms with Crippen molar-refractivity contribution in [3.63, 3.8) is 0 Å². The molecule has 0 spiro atoms. The molecule has 0 saturated carbocycles. The highest BCUT2D eigenvalue weighted by atomic mass is 79.9. The van der Waals surface area contributed by atoms with Gasteiger partial charge in [0.1, 0.15) is 0 Å². The summed E-state index contributed by atoms with van der Waals surface area (Å²) >= 11 is 3.32. The summed E-state index contributed by atoms with van der Waals surface area (Å²) < 4.78 is 6.07. The summed E-state index contributed by atoms with van der Waals surface area (Å²) in [7, 11) is 0. The van der Waals surface area contributed by atoms with E-state index in [1.54, 1.807) is 24.3 Å². The molecule has 0 unspecified atom stereocenters. The van der Waals surface area contributed by atoms with Gasteiger partial charge in [0, 0.05) is 10.2 Å². The van der Waals surface area contributed by atoms with Crippen molar-refractivity contribution in [1.82, 2.24) is 0 Å². The van der Waals surface area contributed by atoms with Crippen molar-refractivity contribution < 1.29 is 14.3 Å². The van der Waals surface area contributed by atoms with Gasteiger partial charge in [-0.15, -0.1) is 0 Å². The number of nitriles is 1. The lowest BCUT2D eigenvalue weighted by Crippen LogP contribution is -2.30. The van der Waals surface area contributed by atoms with Crippen LogP contribution in [0, 0.1) is 11.3 Å². The first-order chi connectivity index (χ1) is 11.5. The van der Waals surface area contributed by atoms with E-state index in [0.717, 1.165) is 10.0 Å². The predicted octanol–water partition coefficient (Wildman–Crippen LogP) is 3.43. The average Bonchev–Trinajstić information content (AvgIpc) is 2.57. The smallest absolute Gasteiger partial charge is 0.311 e. The van der Waals surface area contributed by atoms with Crippen molar-refractivity contribution in [3.8, 4) is 6.07 Å². The van der Waals surface area contributed by atoms with Crippen molar-refractivity contribution in [2.45, 2.75) is 19.4 Å². The van der Waals surface area contributed by atoms with Gasteiger partial charge in [0.05, 0.1) is 18.1 Å². The molecule has 0 saturated heterocycles. The summed E-state index contributed by atoms with van der Waals surface area (Å²) in [4.78, 5) is 24.0. The van der Waals surface area contributed by atoms with Gasteiger partial charge in [-0.1, -0.05) is 34.1 Å². The number of anilines is 1. The fourth-order valence-corrected chi connectivity index (χ4v) is 2.24. The van der Waals surface area contributed by atoms with E-state index in [-0.39, 0.29) is 6.42 Å². The van der Waals surface area contributed by atoms with Gasteiger partial charge in [-0.25, -0.2) is 0 Å². The molecule has 0 aliphatic heterocycles. The van der Waals surface area contributed by atoms with E-state index >= 15 is 0 Å². The first-order valence-corrected chi connectivity index (χ1v) is 8.02. The molecule has 0 aromatic heterocycles. The van der Waals surface area contributed by atoms with Crippen LogP contribution in [-0.2, 0) is 20.7 Å². The van der Waals surface area contributed by atoms with Gasteiger partial charge >= 0.3 is 5.97 Å². The summed E-state index contributed by atoms with van der Waals surface area (Å²) in [5, 5.41) is 11.5. The molecule has 0 bridgehead atoms. The molecular weight excluding hydrogens is 372 g/mol. The zero-order valence-electron chi connectivity index (χ0n) is 13.0. The molecule has 2 aromatic rings. The largest absolute Gasteiger partial charge is 0.452 e. The summed E-state index contributed by atoms with van der Waals surface area (Å²) in [6, 6.07) is 15.8. The fourth-order valence-electron chi connectivity index (χ4n) is 1.97. The number of halogens is 1. The Bertz CT molecular complexity index is 782. The Balaban J connectivity index is 1.89. The van der Waals surface area contributed by atoms with E-state index in [1.165, 1.54) is 6.92 Å². The Morgan fingerprint density at radius 3 is 2.62 bits per heavy atom. The number of ether oxygens (including phenoxy) is 1. The first-order valence-electron chi connectivity index (χ1n) is 7.23. The molecule has 0 aliphatic carbocycles. The standard InChI is InChI=1S/C18H15BrN2O3/c1-12(18(23)21-16-4-2-3-14(9-16)11-20)24-17(22)10-13-5-7-15(19)8-6-13/h2-9,12H,10H2,1H3,(H,21,23)/t12-/m0/s1. The van der Waals surface area contributed by atoms with Crippen LogP contribution in [0.4, 0.5) is 5.69 Å². The second-order valence-corrected chi connectivity index (χ2v) is 6.03. The van der Waals surface area contributed by atoms with Crippen molar-refractivity contribution in [2.24, 2.45) is 0 Å². The van der Waals surface area contributed by atoms with Gasteiger partial charge in [0.2, 0.25) is 0 Å². The highest BCUT2D eigenvalue weighted by Gasteiger charge is 2.18. The normalized spacial score (nSPS) is 11.2. The highest BCUT2D eigenvalue weighted by molar-refractivity contribution is 9.10. The van der Waals surface area contributed by atoms with Gasteiger partial charge in [0.15, 0.2) is 6.10 Å². The van der Waals surface area contributed by atoms with Crippen molar-refractivity contribution in [3.05, 3.63) is 64.1 Å². The molecule has 0 fully saturated rings. The fraction of sp³-hybridized carbons (Fsp3) is 0.167. The van der Waals surface area contributed by atoms with E-state index in [0.29, 0.717) is 11.3 Å². The summed E-state index contributed by atoms with van der Waals surface area (Å²) in [6.45, 7) is 1.50. The van der Waals surface area contributed by atoms with Crippen molar-refractivity contribution >= 4 is 33.5 Å². The Kier molecular flexibility index (Phi) is 6.10. The molecule has 5 nitrogen and oxygen atoms in total. The monoisotopic (exact) mass is 386 g/mol. The minimum atomic E-state index is -0.932. The Morgan fingerprint density at radius 2 is 1.96 bits per heavy atom.